The minimum atomic E-state index is -0.335. The number of thiazole rings is 1. The van der Waals surface area contributed by atoms with Crippen molar-refractivity contribution < 1.29 is 14.3 Å². The first-order chi connectivity index (χ1) is 16.4. The predicted molar refractivity (Wildman–Crippen MR) is 137 cm³/mol. The number of esters is 1. The first-order valence-corrected chi connectivity index (χ1v) is 12.6. The van der Waals surface area contributed by atoms with Crippen molar-refractivity contribution in [2.45, 2.75) is 26.2 Å². The minimum absolute atomic E-state index is 0.0845. The van der Waals surface area contributed by atoms with Crippen molar-refractivity contribution in [3.8, 4) is 10.6 Å². The zero-order chi connectivity index (χ0) is 24.1. The molecular weight excluding hydrogens is 470 g/mol. The van der Waals surface area contributed by atoms with Crippen LogP contribution < -0.4 is 10.2 Å². The largest absolute Gasteiger partial charge is 0.465 e. The third-order valence-corrected chi connectivity index (χ3v) is 7.50. The Hall–Kier alpha value is -2.90. The van der Waals surface area contributed by atoms with Crippen LogP contribution in [-0.4, -0.2) is 43.6 Å². The van der Waals surface area contributed by atoms with Crippen molar-refractivity contribution >= 4 is 40.5 Å². The van der Waals surface area contributed by atoms with Crippen LogP contribution in [0, 0.1) is 12.8 Å². The summed E-state index contributed by atoms with van der Waals surface area (Å²) in [4.78, 5) is 32.4. The van der Waals surface area contributed by atoms with Crippen LogP contribution >= 0.6 is 22.9 Å². The number of aromatic nitrogens is 1. The van der Waals surface area contributed by atoms with Crippen LogP contribution in [0.1, 0.15) is 45.0 Å². The summed E-state index contributed by atoms with van der Waals surface area (Å²) < 4.78 is 4.86. The molecule has 0 spiro atoms. The fourth-order valence-electron chi connectivity index (χ4n) is 4.22. The molecule has 4 rings (SSSR count). The number of nitrogens with zero attached hydrogens (tertiary/aromatic N) is 2. The van der Waals surface area contributed by atoms with Crippen molar-refractivity contribution in [1.29, 1.82) is 0 Å². The number of ether oxygens (including phenoxy) is 1. The van der Waals surface area contributed by atoms with Gasteiger partial charge in [0.2, 0.25) is 0 Å². The maximum atomic E-state index is 13.0. The van der Waals surface area contributed by atoms with E-state index >= 15 is 0 Å². The molecule has 34 heavy (non-hydrogen) atoms. The summed E-state index contributed by atoms with van der Waals surface area (Å²) in [5.74, 6) is -0.103. The van der Waals surface area contributed by atoms with E-state index in [0.717, 1.165) is 54.3 Å². The zero-order valence-electron chi connectivity index (χ0n) is 19.3. The van der Waals surface area contributed by atoms with Gasteiger partial charge in [-0.1, -0.05) is 36.2 Å². The second-order valence-corrected chi connectivity index (χ2v) is 9.94. The second-order valence-electron chi connectivity index (χ2n) is 8.50. The van der Waals surface area contributed by atoms with Gasteiger partial charge >= 0.3 is 5.97 Å². The highest BCUT2D eigenvalue weighted by Gasteiger charge is 2.22. The molecule has 0 radical (unpaired) electrons. The fourth-order valence-corrected chi connectivity index (χ4v) is 5.33. The first kappa shape index (κ1) is 24.2. The molecule has 0 bridgehead atoms. The van der Waals surface area contributed by atoms with E-state index in [4.69, 9.17) is 16.3 Å². The lowest BCUT2D eigenvalue weighted by Gasteiger charge is -2.27. The van der Waals surface area contributed by atoms with Gasteiger partial charge in [-0.15, -0.1) is 11.3 Å². The van der Waals surface area contributed by atoms with Crippen molar-refractivity contribution in [1.82, 2.24) is 10.3 Å². The Labute approximate surface area is 208 Å². The molecule has 1 N–H and O–H groups in total. The monoisotopic (exact) mass is 497 g/mol. The summed E-state index contributed by atoms with van der Waals surface area (Å²) in [6.07, 6.45) is 3.23. The molecule has 2 aromatic carbocycles. The number of rotatable bonds is 6. The Morgan fingerprint density at radius 1 is 1.21 bits per heavy atom. The Kier molecular flexibility index (Phi) is 7.85. The Balaban J connectivity index is 1.40. The van der Waals surface area contributed by atoms with E-state index in [0.29, 0.717) is 27.9 Å². The number of halogens is 1. The van der Waals surface area contributed by atoms with Gasteiger partial charge in [-0.05, 0) is 56.0 Å². The third kappa shape index (κ3) is 5.77. The van der Waals surface area contributed by atoms with Crippen LogP contribution in [0.4, 0.5) is 5.69 Å². The van der Waals surface area contributed by atoms with Crippen LogP contribution in [0.5, 0.6) is 0 Å². The molecule has 1 fully saturated rings. The number of aryl methyl sites for hydroxylation is 1. The van der Waals surface area contributed by atoms with E-state index in [1.54, 1.807) is 6.07 Å². The SMILES string of the molecule is COC(=O)c1cccc(N2CCCCC(CNC(=O)c3sc(-c4ccc(Cl)cc4)nc3C)C2)c1. The number of amides is 1. The fraction of sp³-hybridized carbons (Fsp3) is 0.346. The summed E-state index contributed by atoms with van der Waals surface area (Å²) in [6.45, 7) is 4.21. The van der Waals surface area contributed by atoms with Crippen molar-refractivity contribution in [3.63, 3.8) is 0 Å². The molecule has 1 aliphatic heterocycles. The molecule has 8 heteroatoms. The number of carbonyl (C=O) groups excluding carboxylic acids is 2. The number of benzene rings is 2. The molecular formula is C26H28ClN3O3S. The second kappa shape index (κ2) is 11.0. The number of carbonyl (C=O) groups is 2. The Morgan fingerprint density at radius 2 is 2.00 bits per heavy atom. The molecule has 1 atom stereocenters. The molecule has 0 saturated carbocycles. The van der Waals surface area contributed by atoms with Crippen LogP contribution in [0.25, 0.3) is 10.6 Å². The molecule has 1 saturated heterocycles. The smallest absolute Gasteiger partial charge is 0.337 e. The van der Waals surface area contributed by atoms with Gasteiger partial charge in [-0.3, -0.25) is 4.79 Å². The van der Waals surface area contributed by atoms with Crippen molar-refractivity contribution in [3.05, 3.63) is 69.7 Å². The molecule has 1 unspecified atom stereocenters. The summed E-state index contributed by atoms with van der Waals surface area (Å²) >= 11 is 7.39. The van der Waals surface area contributed by atoms with Crippen molar-refractivity contribution in [2.24, 2.45) is 5.92 Å². The number of hydrogen-bond donors (Lipinski definition) is 1. The normalized spacial score (nSPS) is 16.1. The quantitative estimate of drug-likeness (QED) is 0.449. The van der Waals surface area contributed by atoms with E-state index in [1.165, 1.54) is 18.4 Å². The van der Waals surface area contributed by atoms with E-state index in [-0.39, 0.29) is 11.9 Å². The molecule has 1 aromatic heterocycles. The Morgan fingerprint density at radius 3 is 2.76 bits per heavy atom. The van der Waals surface area contributed by atoms with Crippen molar-refractivity contribution in [2.75, 3.05) is 31.6 Å². The lowest BCUT2D eigenvalue weighted by atomic mass is 10.0. The third-order valence-electron chi connectivity index (χ3n) is 6.05. The highest BCUT2D eigenvalue weighted by Crippen LogP contribution is 2.29. The lowest BCUT2D eigenvalue weighted by Crippen LogP contribution is -2.35. The highest BCUT2D eigenvalue weighted by molar-refractivity contribution is 7.17. The van der Waals surface area contributed by atoms with Gasteiger partial charge in [0, 0.05) is 35.9 Å². The van der Waals surface area contributed by atoms with Crippen LogP contribution in [-0.2, 0) is 4.74 Å². The van der Waals surface area contributed by atoms with E-state index < -0.39 is 0 Å². The zero-order valence-corrected chi connectivity index (χ0v) is 20.9. The van der Waals surface area contributed by atoms with E-state index in [2.05, 4.69) is 15.2 Å². The van der Waals surface area contributed by atoms with Gasteiger partial charge < -0.3 is 15.0 Å². The molecule has 1 amide bonds. The maximum Gasteiger partial charge on any atom is 0.337 e. The Bertz CT molecular complexity index is 1160. The number of methoxy groups -OCH3 is 1. The number of nitrogens with one attached hydrogen (secondary N) is 1. The highest BCUT2D eigenvalue weighted by atomic mass is 35.5. The average Bonchev–Trinajstić information content (AvgIpc) is 3.09. The van der Waals surface area contributed by atoms with Crippen LogP contribution in [0.2, 0.25) is 5.02 Å². The number of hydrogen-bond acceptors (Lipinski definition) is 6. The first-order valence-electron chi connectivity index (χ1n) is 11.4. The average molecular weight is 498 g/mol. The number of anilines is 1. The van der Waals surface area contributed by atoms with Crippen LogP contribution in [0.15, 0.2) is 48.5 Å². The minimum Gasteiger partial charge on any atom is -0.465 e. The standard InChI is InChI=1S/C26H28ClN3O3S/c1-17-23(34-25(29-17)19-9-11-21(27)12-10-19)24(31)28-15-18-6-3-4-13-30(16-18)22-8-5-7-20(14-22)26(32)33-2/h5,7-12,14,18H,3-4,6,13,15-16H2,1-2H3,(H,28,31). The van der Waals surface area contributed by atoms with Gasteiger partial charge in [0.05, 0.1) is 18.4 Å². The van der Waals surface area contributed by atoms with Gasteiger partial charge in [0.25, 0.3) is 5.91 Å². The molecule has 3 aromatic rings. The summed E-state index contributed by atoms with van der Waals surface area (Å²) in [6, 6.07) is 15.0. The van der Waals surface area contributed by atoms with Gasteiger partial charge in [-0.25, -0.2) is 9.78 Å². The summed E-state index contributed by atoms with van der Waals surface area (Å²) in [5.41, 5.74) is 3.23. The molecule has 6 nitrogen and oxygen atoms in total. The van der Waals surface area contributed by atoms with E-state index in [9.17, 15) is 9.59 Å². The molecule has 178 valence electrons. The van der Waals surface area contributed by atoms with Gasteiger partial charge in [-0.2, -0.15) is 0 Å². The maximum absolute atomic E-state index is 13.0. The lowest BCUT2D eigenvalue weighted by molar-refractivity contribution is 0.0600. The topological polar surface area (TPSA) is 71.5 Å². The van der Waals surface area contributed by atoms with E-state index in [1.807, 2.05) is 49.4 Å². The summed E-state index contributed by atoms with van der Waals surface area (Å²) in [7, 11) is 1.39. The molecule has 2 heterocycles. The molecule has 1 aliphatic rings. The van der Waals surface area contributed by atoms with Crippen LogP contribution in [0.3, 0.4) is 0 Å². The van der Waals surface area contributed by atoms with Gasteiger partial charge in [0.15, 0.2) is 0 Å². The molecule has 0 aliphatic carbocycles. The summed E-state index contributed by atoms with van der Waals surface area (Å²) in [5, 5.41) is 4.61. The predicted octanol–water partition coefficient (Wildman–Crippen LogP) is 5.60. The van der Waals surface area contributed by atoms with Gasteiger partial charge in [0.1, 0.15) is 9.88 Å².